The van der Waals surface area contributed by atoms with Gasteiger partial charge in [-0.3, -0.25) is 14.7 Å². The Morgan fingerprint density at radius 1 is 1.80 bits per heavy atom. The quantitative estimate of drug-likeness (QED) is 0.847. The maximum atomic E-state index is 11.0. The molecule has 5 heteroatoms. The Balaban J connectivity index is 1.96. The third-order valence-electron chi connectivity index (χ3n) is 2.93. The first-order valence-corrected chi connectivity index (χ1v) is 5.81. The molecule has 0 aromatic carbocycles. The van der Waals surface area contributed by atoms with Crippen LogP contribution >= 0.6 is 11.3 Å². The van der Waals surface area contributed by atoms with Crippen LogP contribution < -0.4 is 0 Å². The number of aromatic nitrogens is 1. The number of likely N-dealkylation sites (tertiary alicyclic amines) is 1. The van der Waals surface area contributed by atoms with Crippen LogP contribution in [-0.4, -0.2) is 34.0 Å². The molecule has 1 aliphatic rings. The fourth-order valence-electron chi connectivity index (χ4n) is 1.91. The molecule has 0 radical (unpaired) electrons. The minimum atomic E-state index is -0.686. The van der Waals surface area contributed by atoms with Gasteiger partial charge >= 0.3 is 5.97 Å². The van der Waals surface area contributed by atoms with E-state index in [-0.39, 0.29) is 0 Å². The molecule has 1 aromatic rings. The lowest BCUT2D eigenvalue weighted by atomic mass is 9.90. The third kappa shape index (κ3) is 2.18. The minimum Gasteiger partial charge on any atom is -0.481 e. The molecule has 1 N–H and O–H groups in total. The lowest BCUT2D eigenvalue weighted by Gasteiger charge is -2.19. The van der Waals surface area contributed by atoms with E-state index in [1.54, 1.807) is 11.3 Å². The monoisotopic (exact) mass is 226 g/mol. The molecule has 1 atom stereocenters. The van der Waals surface area contributed by atoms with Crippen molar-refractivity contribution in [2.75, 3.05) is 13.1 Å². The lowest BCUT2D eigenvalue weighted by molar-refractivity contribution is -0.147. The van der Waals surface area contributed by atoms with E-state index in [1.807, 2.05) is 18.6 Å². The van der Waals surface area contributed by atoms with Gasteiger partial charge in [-0.15, -0.1) is 11.3 Å². The molecule has 0 bridgehead atoms. The van der Waals surface area contributed by atoms with Crippen molar-refractivity contribution in [3.05, 3.63) is 16.6 Å². The van der Waals surface area contributed by atoms with Crippen LogP contribution in [-0.2, 0) is 11.3 Å². The van der Waals surface area contributed by atoms with Crippen LogP contribution in [0.25, 0.3) is 0 Å². The summed E-state index contributed by atoms with van der Waals surface area (Å²) in [5.41, 5.74) is 1.24. The number of rotatable bonds is 3. The Morgan fingerprint density at radius 2 is 2.60 bits per heavy atom. The van der Waals surface area contributed by atoms with Gasteiger partial charge < -0.3 is 5.11 Å². The smallest absolute Gasteiger partial charge is 0.310 e. The Bertz CT molecular complexity index is 352. The highest BCUT2D eigenvalue weighted by atomic mass is 32.1. The van der Waals surface area contributed by atoms with Crippen LogP contribution in [0.5, 0.6) is 0 Å². The highest BCUT2D eigenvalue weighted by Gasteiger charge is 2.40. The van der Waals surface area contributed by atoms with E-state index < -0.39 is 11.4 Å². The largest absolute Gasteiger partial charge is 0.481 e. The van der Waals surface area contributed by atoms with Gasteiger partial charge in [-0.2, -0.15) is 0 Å². The molecule has 1 unspecified atom stereocenters. The number of hydrogen-bond acceptors (Lipinski definition) is 4. The van der Waals surface area contributed by atoms with Gasteiger partial charge in [-0.1, -0.05) is 0 Å². The summed E-state index contributed by atoms with van der Waals surface area (Å²) < 4.78 is 0. The molecule has 1 fully saturated rings. The predicted octanol–water partition coefficient (Wildman–Crippen LogP) is 1.44. The molecule has 1 saturated heterocycles. The fraction of sp³-hybridized carbons (Fsp3) is 0.600. The van der Waals surface area contributed by atoms with Crippen LogP contribution in [0.2, 0.25) is 0 Å². The zero-order chi connectivity index (χ0) is 10.9. The average molecular weight is 226 g/mol. The highest BCUT2D eigenvalue weighted by Crippen LogP contribution is 2.31. The molecule has 0 saturated carbocycles. The molecule has 2 heterocycles. The summed E-state index contributed by atoms with van der Waals surface area (Å²) in [5, 5.41) is 9.08. The van der Waals surface area contributed by atoms with Crippen molar-refractivity contribution < 1.29 is 9.90 Å². The molecule has 4 nitrogen and oxygen atoms in total. The first kappa shape index (κ1) is 10.6. The highest BCUT2D eigenvalue weighted by molar-refractivity contribution is 7.09. The second-order valence-corrected chi connectivity index (χ2v) is 5.27. The van der Waals surface area contributed by atoms with Crippen LogP contribution in [0.1, 0.15) is 18.2 Å². The molecule has 15 heavy (non-hydrogen) atoms. The standard InChI is InChI=1S/C10H14N2O2S/c1-10(9(13)14)2-3-12(6-10)5-8-4-11-7-15-8/h4,7H,2-3,5-6H2,1H3,(H,13,14). The molecule has 1 aromatic heterocycles. The summed E-state index contributed by atoms with van der Waals surface area (Å²) in [6.45, 7) is 4.15. The summed E-state index contributed by atoms with van der Waals surface area (Å²) >= 11 is 1.62. The topological polar surface area (TPSA) is 53.4 Å². The van der Waals surface area contributed by atoms with E-state index in [1.165, 1.54) is 4.88 Å². The number of aliphatic carboxylic acids is 1. The van der Waals surface area contributed by atoms with Gasteiger partial charge in [0, 0.05) is 24.2 Å². The number of carboxylic acids is 1. The van der Waals surface area contributed by atoms with Crippen molar-refractivity contribution in [2.24, 2.45) is 5.41 Å². The van der Waals surface area contributed by atoms with Gasteiger partial charge in [0.25, 0.3) is 0 Å². The third-order valence-corrected chi connectivity index (χ3v) is 3.70. The Kier molecular flexibility index (Phi) is 2.75. The Hall–Kier alpha value is -0.940. The van der Waals surface area contributed by atoms with Crippen LogP contribution in [0.3, 0.4) is 0 Å². The van der Waals surface area contributed by atoms with Gasteiger partial charge in [0.15, 0.2) is 0 Å². The zero-order valence-electron chi connectivity index (χ0n) is 8.64. The van der Waals surface area contributed by atoms with Gasteiger partial charge in [-0.25, -0.2) is 0 Å². The molecule has 2 rings (SSSR count). The number of hydrogen-bond donors (Lipinski definition) is 1. The van der Waals surface area contributed by atoms with Crippen LogP contribution in [0.4, 0.5) is 0 Å². The Morgan fingerprint density at radius 3 is 3.13 bits per heavy atom. The maximum absolute atomic E-state index is 11.0. The van der Waals surface area contributed by atoms with Crippen molar-refractivity contribution >= 4 is 17.3 Å². The summed E-state index contributed by atoms with van der Waals surface area (Å²) in [6, 6.07) is 0. The molecule has 0 aliphatic carbocycles. The van der Waals surface area contributed by atoms with E-state index >= 15 is 0 Å². The summed E-state index contributed by atoms with van der Waals surface area (Å²) in [5.74, 6) is -0.686. The molecular weight excluding hydrogens is 212 g/mol. The number of nitrogens with zero attached hydrogens (tertiary/aromatic N) is 2. The summed E-state index contributed by atoms with van der Waals surface area (Å²) in [6.07, 6.45) is 2.59. The predicted molar refractivity (Wildman–Crippen MR) is 57.8 cm³/mol. The van der Waals surface area contributed by atoms with Gasteiger partial charge in [0.1, 0.15) is 0 Å². The molecule has 0 amide bonds. The van der Waals surface area contributed by atoms with Gasteiger partial charge in [0.05, 0.1) is 10.9 Å². The van der Waals surface area contributed by atoms with Crippen molar-refractivity contribution in [3.8, 4) is 0 Å². The SMILES string of the molecule is CC1(C(=O)O)CCN(Cc2cncs2)C1. The van der Waals surface area contributed by atoms with Crippen molar-refractivity contribution in [1.29, 1.82) is 0 Å². The maximum Gasteiger partial charge on any atom is 0.310 e. The first-order chi connectivity index (χ1) is 7.10. The lowest BCUT2D eigenvalue weighted by Crippen LogP contribution is -2.31. The normalized spacial score (nSPS) is 27.0. The van der Waals surface area contributed by atoms with E-state index in [2.05, 4.69) is 9.88 Å². The molecule has 82 valence electrons. The number of carboxylic acid groups (broad SMARTS) is 1. The number of thiazole rings is 1. The van der Waals surface area contributed by atoms with E-state index in [0.717, 1.165) is 19.5 Å². The molecule has 1 aliphatic heterocycles. The number of carbonyl (C=O) groups is 1. The zero-order valence-corrected chi connectivity index (χ0v) is 9.46. The average Bonchev–Trinajstić information content (AvgIpc) is 2.77. The van der Waals surface area contributed by atoms with Crippen molar-refractivity contribution in [3.63, 3.8) is 0 Å². The van der Waals surface area contributed by atoms with E-state index in [0.29, 0.717) is 6.54 Å². The molecular formula is C10H14N2O2S. The van der Waals surface area contributed by atoms with Crippen LogP contribution in [0.15, 0.2) is 11.7 Å². The second-order valence-electron chi connectivity index (χ2n) is 4.29. The van der Waals surface area contributed by atoms with E-state index in [9.17, 15) is 4.79 Å². The summed E-state index contributed by atoms with van der Waals surface area (Å²) in [4.78, 5) is 18.4. The molecule has 0 spiro atoms. The van der Waals surface area contributed by atoms with Gasteiger partial charge in [0.2, 0.25) is 0 Å². The fourth-order valence-corrected chi connectivity index (χ4v) is 2.54. The Labute approximate surface area is 92.6 Å². The van der Waals surface area contributed by atoms with Crippen molar-refractivity contribution in [2.45, 2.75) is 19.9 Å². The van der Waals surface area contributed by atoms with E-state index in [4.69, 9.17) is 5.11 Å². The van der Waals surface area contributed by atoms with Gasteiger partial charge in [-0.05, 0) is 19.9 Å². The summed E-state index contributed by atoms with van der Waals surface area (Å²) in [7, 11) is 0. The van der Waals surface area contributed by atoms with Crippen LogP contribution in [0, 0.1) is 5.41 Å². The van der Waals surface area contributed by atoms with Crippen molar-refractivity contribution in [1.82, 2.24) is 9.88 Å². The second kappa shape index (κ2) is 3.90. The first-order valence-electron chi connectivity index (χ1n) is 4.93. The minimum absolute atomic E-state index is 0.565.